The first-order valence-electron chi connectivity index (χ1n) is 3.08. The molecule has 0 aromatic rings. The van der Waals surface area contributed by atoms with Crippen molar-refractivity contribution in [3.05, 3.63) is 0 Å². The molecule has 1 N–H and O–H groups in total. The van der Waals surface area contributed by atoms with E-state index in [4.69, 9.17) is 4.89 Å². The maximum atomic E-state index is 10.7. The third-order valence-corrected chi connectivity index (χ3v) is 2.21. The summed E-state index contributed by atoms with van der Waals surface area (Å²) in [5, 5.41) is 0. The number of phosphoric ester groups is 1. The predicted molar refractivity (Wildman–Crippen MR) is 37.7 cm³/mol. The maximum absolute atomic E-state index is 10.7. The highest BCUT2D eigenvalue weighted by atomic mass is 31.2. The third-order valence-electron chi connectivity index (χ3n) is 1.12. The van der Waals surface area contributed by atoms with E-state index < -0.39 is 7.82 Å². The average molecular weight is 168 g/mol. The first kappa shape index (κ1) is 10.1. The summed E-state index contributed by atoms with van der Waals surface area (Å²) in [6, 6.07) is 0. The molecular weight excluding hydrogens is 155 g/mol. The molecule has 0 saturated heterocycles. The normalized spacial score (nSPS) is 20.0. The van der Waals surface area contributed by atoms with Gasteiger partial charge in [-0.15, -0.1) is 0 Å². The molecule has 0 aliphatic rings. The van der Waals surface area contributed by atoms with E-state index in [1.807, 2.05) is 6.92 Å². The lowest BCUT2D eigenvalue weighted by molar-refractivity contribution is 0.126. The summed E-state index contributed by atoms with van der Waals surface area (Å²) in [4.78, 5) is 8.74. The van der Waals surface area contributed by atoms with Crippen molar-refractivity contribution < 1.29 is 18.5 Å². The molecule has 0 aromatic heterocycles. The van der Waals surface area contributed by atoms with Crippen molar-refractivity contribution in [2.75, 3.05) is 7.11 Å². The van der Waals surface area contributed by atoms with E-state index in [2.05, 4.69) is 9.05 Å². The average Bonchev–Trinajstić information content (AvgIpc) is 1.87. The van der Waals surface area contributed by atoms with Crippen LogP contribution in [0.3, 0.4) is 0 Å². The van der Waals surface area contributed by atoms with E-state index in [1.165, 1.54) is 0 Å². The van der Waals surface area contributed by atoms with E-state index in [0.717, 1.165) is 7.11 Å². The van der Waals surface area contributed by atoms with Crippen molar-refractivity contribution in [1.29, 1.82) is 0 Å². The molecule has 0 aliphatic carbocycles. The van der Waals surface area contributed by atoms with Gasteiger partial charge in [0.1, 0.15) is 0 Å². The standard InChI is InChI=1S/C5H13O4P/c1-4-5(2)9-10(6,7)8-3/h5H,4H2,1-3H3,(H,6,7). The molecule has 10 heavy (non-hydrogen) atoms. The highest BCUT2D eigenvalue weighted by Crippen LogP contribution is 2.43. The SMILES string of the molecule is CCC(C)OP(=O)(O)OC. The fraction of sp³-hybridized carbons (Fsp3) is 1.00. The Morgan fingerprint density at radius 3 is 2.50 bits per heavy atom. The lowest BCUT2D eigenvalue weighted by atomic mass is 10.3. The summed E-state index contributed by atoms with van der Waals surface area (Å²) < 4.78 is 19.5. The first-order chi connectivity index (χ1) is 4.52. The minimum Gasteiger partial charge on any atom is -0.302 e. The lowest BCUT2D eigenvalue weighted by Gasteiger charge is -2.13. The molecule has 0 rings (SSSR count). The van der Waals surface area contributed by atoms with Gasteiger partial charge in [-0.3, -0.25) is 9.05 Å². The Labute approximate surface area is 60.8 Å². The summed E-state index contributed by atoms with van der Waals surface area (Å²) >= 11 is 0. The van der Waals surface area contributed by atoms with Crippen LogP contribution in [0, 0.1) is 0 Å². The van der Waals surface area contributed by atoms with Crippen LogP contribution in [0.1, 0.15) is 20.3 Å². The smallest absolute Gasteiger partial charge is 0.302 e. The van der Waals surface area contributed by atoms with Crippen LogP contribution in [0.2, 0.25) is 0 Å². The second kappa shape index (κ2) is 4.09. The van der Waals surface area contributed by atoms with Crippen molar-refractivity contribution in [3.63, 3.8) is 0 Å². The summed E-state index contributed by atoms with van der Waals surface area (Å²) in [7, 11) is -2.60. The molecule has 0 fully saturated rings. The van der Waals surface area contributed by atoms with Gasteiger partial charge >= 0.3 is 7.82 Å². The summed E-state index contributed by atoms with van der Waals surface area (Å²) in [6.07, 6.45) is 0.448. The van der Waals surface area contributed by atoms with E-state index in [0.29, 0.717) is 6.42 Å². The van der Waals surface area contributed by atoms with Crippen molar-refractivity contribution in [2.45, 2.75) is 26.4 Å². The zero-order valence-electron chi connectivity index (χ0n) is 6.40. The monoisotopic (exact) mass is 168 g/mol. The zero-order chi connectivity index (χ0) is 8.20. The third kappa shape index (κ3) is 4.01. The molecule has 0 radical (unpaired) electrons. The molecule has 2 atom stereocenters. The summed E-state index contributed by atoms with van der Waals surface area (Å²) in [5.41, 5.74) is 0. The van der Waals surface area contributed by atoms with Gasteiger partial charge in [0.2, 0.25) is 0 Å². The Kier molecular flexibility index (Phi) is 4.13. The Balaban J connectivity index is 3.77. The van der Waals surface area contributed by atoms with E-state index in [1.54, 1.807) is 6.92 Å². The maximum Gasteiger partial charge on any atom is 0.472 e. The molecule has 0 aromatic carbocycles. The van der Waals surface area contributed by atoms with Crippen molar-refractivity contribution >= 4 is 7.82 Å². The van der Waals surface area contributed by atoms with Crippen LogP contribution in [-0.4, -0.2) is 18.1 Å². The van der Waals surface area contributed by atoms with Crippen LogP contribution in [0.25, 0.3) is 0 Å². The molecule has 0 saturated carbocycles. The minimum atomic E-state index is -3.75. The van der Waals surface area contributed by atoms with Gasteiger partial charge in [0, 0.05) is 7.11 Å². The summed E-state index contributed by atoms with van der Waals surface area (Å²) in [6.45, 7) is 3.57. The molecule has 2 unspecified atom stereocenters. The van der Waals surface area contributed by atoms with Crippen LogP contribution in [0.4, 0.5) is 0 Å². The highest BCUT2D eigenvalue weighted by molar-refractivity contribution is 7.47. The van der Waals surface area contributed by atoms with E-state index in [9.17, 15) is 4.57 Å². The topological polar surface area (TPSA) is 55.8 Å². The van der Waals surface area contributed by atoms with Gasteiger partial charge < -0.3 is 4.89 Å². The lowest BCUT2D eigenvalue weighted by Crippen LogP contribution is -2.04. The second-order valence-corrected chi connectivity index (χ2v) is 3.49. The Morgan fingerprint density at radius 2 is 2.20 bits per heavy atom. The highest BCUT2D eigenvalue weighted by Gasteiger charge is 2.20. The Bertz CT molecular complexity index is 136. The molecule has 0 heterocycles. The number of phosphoric acid groups is 1. The van der Waals surface area contributed by atoms with Crippen molar-refractivity contribution in [2.24, 2.45) is 0 Å². The molecule has 5 heteroatoms. The van der Waals surface area contributed by atoms with E-state index in [-0.39, 0.29) is 6.10 Å². The molecule has 0 spiro atoms. The van der Waals surface area contributed by atoms with Gasteiger partial charge in [-0.05, 0) is 13.3 Å². The Morgan fingerprint density at radius 1 is 1.70 bits per heavy atom. The van der Waals surface area contributed by atoms with E-state index >= 15 is 0 Å². The van der Waals surface area contributed by atoms with Gasteiger partial charge in [0.05, 0.1) is 6.10 Å². The van der Waals surface area contributed by atoms with Crippen LogP contribution in [0.5, 0.6) is 0 Å². The molecule has 62 valence electrons. The molecule has 0 amide bonds. The number of rotatable bonds is 4. The minimum absolute atomic E-state index is 0.240. The summed E-state index contributed by atoms with van der Waals surface area (Å²) in [5.74, 6) is 0. The quantitative estimate of drug-likeness (QED) is 0.647. The number of hydrogen-bond acceptors (Lipinski definition) is 3. The Hall–Kier alpha value is 0.110. The molecule has 0 bridgehead atoms. The zero-order valence-corrected chi connectivity index (χ0v) is 7.30. The fourth-order valence-corrected chi connectivity index (χ4v) is 1.03. The van der Waals surface area contributed by atoms with Crippen LogP contribution < -0.4 is 0 Å². The van der Waals surface area contributed by atoms with Crippen LogP contribution in [-0.2, 0) is 13.6 Å². The molecule has 4 nitrogen and oxygen atoms in total. The van der Waals surface area contributed by atoms with Gasteiger partial charge in [-0.25, -0.2) is 4.57 Å². The first-order valence-corrected chi connectivity index (χ1v) is 4.58. The van der Waals surface area contributed by atoms with Gasteiger partial charge in [0.15, 0.2) is 0 Å². The largest absolute Gasteiger partial charge is 0.472 e. The van der Waals surface area contributed by atoms with Crippen molar-refractivity contribution in [1.82, 2.24) is 0 Å². The van der Waals surface area contributed by atoms with Gasteiger partial charge in [-0.2, -0.15) is 0 Å². The predicted octanol–water partition coefficient (Wildman–Crippen LogP) is 1.55. The second-order valence-electron chi connectivity index (χ2n) is 1.98. The number of hydrogen-bond donors (Lipinski definition) is 1. The fourth-order valence-electron chi connectivity index (χ4n) is 0.345. The van der Waals surface area contributed by atoms with Gasteiger partial charge in [-0.1, -0.05) is 6.92 Å². The molecule has 0 aliphatic heterocycles. The van der Waals surface area contributed by atoms with Crippen LogP contribution >= 0.6 is 7.82 Å². The van der Waals surface area contributed by atoms with Gasteiger partial charge in [0.25, 0.3) is 0 Å². The van der Waals surface area contributed by atoms with Crippen molar-refractivity contribution in [3.8, 4) is 0 Å². The van der Waals surface area contributed by atoms with Crippen LogP contribution in [0.15, 0.2) is 0 Å². The molecular formula is C5H13O4P.